The number of alkyl halides is 3. The Morgan fingerprint density at radius 2 is 1.75 bits per heavy atom. The second-order valence-corrected chi connectivity index (χ2v) is 3.97. The highest BCUT2D eigenvalue weighted by atomic mass is 19.4. The molecule has 1 rings (SSSR count). The zero-order valence-electron chi connectivity index (χ0n) is 9.22. The molecule has 0 heterocycles. The van der Waals surface area contributed by atoms with E-state index >= 15 is 0 Å². The van der Waals surface area contributed by atoms with Crippen LogP contribution in [0.25, 0.3) is 0 Å². The zero-order chi connectivity index (χ0) is 12.6. The van der Waals surface area contributed by atoms with Crippen LogP contribution in [0.15, 0.2) is 18.2 Å². The second-order valence-electron chi connectivity index (χ2n) is 3.97. The van der Waals surface area contributed by atoms with Crippen LogP contribution in [0.2, 0.25) is 0 Å². The third-order valence-corrected chi connectivity index (χ3v) is 2.19. The molecule has 1 aromatic rings. The van der Waals surface area contributed by atoms with Crippen molar-refractivity contribution < 1.29 is 23.0 Å². The van der Waals surface area contributed by atoms with E-state index in [1.165, 1.54) is 27.0 Å². The van der Waals surface area contributed by atoms with Crippen LogP contribution in [0.5, 0.6) is 5.75 Å². The summed E-state index contributed by atoms with van der Waals surface area (Å²) >= 11 is 0. The van der Waals surface area contributed by atoms with Crippen LogP contribution in [0.3, 0.4) is 0 Å². The normalized spacial score (nSPS) is 12.7. The summed E-state index contributed by atoms with van der Waals surface area (Å²) in [7, 11) is 1.27. The smallest absolute Gasteiger partial charge is 0.416 e. The molecule has 0 saturated carbocycles. The molecule has 0 fully saturated rings. The van der Waals surface area contributed by atoms with Gasteiger partial charge in [-0.05, 0) is 26.0 Å². The third kappa shape index (κ3) is 2.66. The third-order valence-electron chi connectivity index (χ3n) is 2.19. The van der Waals surface area contributed by atoms with Crippen molar-refractivity contribution in [1.82, 2.24) is 0 Å². The monoisotopic (exact) mass is 234 g/mol. The molecule has 0 spiro atoms. The highest BCUT2D eigenvalue weighted by molar-refractivity contribution is 5.41. The number of aliphatic hydroxyl groups is 1. The van der Waals surface area contributed by atoms with Gasteiger partial charge in [-0.2, -0.15) is 13.2 Å². The van der Waals surface area contributed by atoms with Crippen molar-refractivity contribution in [2.45, 2.75) is 25.6 Å². The largest absolute Gasteiger partial charge is 0.496 e. The first-order valence-electron chi connectivity index (χ1n) is 4.64. The van der Waals surface area contributed by atoms with E-state index in [0.717, 1.165) is 12.1 Å². The molecule has 0 aliphatic rings. The minimum atomic E-state index is -4.41. The van der Waals surface area contributed by atoms with Crippen LogP contribution in [0.4, 0.5) is 13.2 Å². The number of hydrogen-bond acceptors (Lipinski definition) is 2. The lowest BCUT2D eigenvalue weighted by atomic mass is 9.96. The molecular weight excluding hydrogens is 221 g/mol. The number of rotatable bonds is 2. The number of benzene rings is 1. The van der Waals surface area contributed by atoms with E-state index < -0.39 is 17.3 Å². The molecule has 90 valence electrons. The van der Waals surface area contributed by atoms with Crippen molar-refractivity contribution in [3.05, 3.63) is 29.3 Å². The van der Waals surface area contributed by atoms with E-state index in [1.807, 2.05) is 0 Å². The number of methoxy groups -OCH3 is 1. The van der Waals surface area contributed by atoms with E-state index in [-0.39, 0.29) is 5.75 Å². The Morgan fingerprint density at radius 1 is 1.19 bits per heavy atom. The van der Waals surface area contributed by atoms with Gasteiger partial charge in [0.25, 0.3) is 0 Å². The maximum Gasteiger partial charge on any atom is 0.416 e. The minimum absolute atomic E-state index is 0.0299. The predicted octanol–water partition coefficient (Wildman–Crippen LogP) is 2.94. The Bertz CT molecular complexity index is 378. The van der Waals surface area contributed by atoms with Gasteiger partial charge in [0, 0.05) is 5.56 Å². The first kappa shape index (κ1) is 12.8. The highest BCUT2D eigenvalue weighted by Gasteiger charge is 2.32. The van der Waals surface area contributed by atoms with Gasteiger partial charge in [0.15, 0.2) is 0 Å². The van der Waals surface area contributed by atoms with E-state index in [0.29, 0.717) is 5.56 Å². The van der Waals surface area contributed by atoms with Gasteiger partial charge in [-0.3, -0.25) is 0 Å². The molecule has 5 heteroatoms. The summed E-state index contributed by atoms with van der Waals surface area (Å²) in [5, 5.41) is 9.73. The summed E-state index contributed by atoms with van der Waals surface area (Å²) < 4.78 is 42.1. The predicted molar refractivity (Wildman–Crippen MR) is 53.2 cm³/mol. The van der Waals surface area contributed by atoms with Crippen LogP contribution in [0, 0.1) is 0 Å². The van der Waals surface area contributed by atoms with Gasteiger partial charge in [0.05, 0.1) is 18.3 Å². The van der Waals surface area contributed by atoms with Gasteiger partial charge in [-0.25, -0.2) is 0 Å². The SMILES string of the molecule is COc1cc(C(F)(F)F)ccc1C(C)(C)O. The summed E-state index contributed by atoms with van der Waals surface area (Å²) in [6.07, 6.45) is -4.41. The average molecular weight is 234 g/mol. The molecule has 0 aliphatic heterocycles. The molecule has 16 heavy (non-hydrogen) atoms. The molecule has 0 saturated heterocycles. The number of ether oxygens (including phenoxy) is 1. The van der Waals surface area contributed by atoms with Crippen LogP contribution >= 0.6 is 0 Å². The van der Waals surface area contributed by atoms with Gasteiger partial charge in [-0.1, -0.05) is 6.07 Å². The summed E-state index contributed by atoms with van der Waals surface area (Å²) in [5.74, 6) is 0.0299. The van der Waals surface area contributed by atoms with Crippen LogP contribution in [-0.4, -0.2) is 12.2 Å². The Balaban J connectivity index is 3.28. The van der Waals surface area contributed by atoms with Gasteiger partial charge in [-0.15, -0.1) is 0 Å². The standard InChI is InChI=1S/C11H13F3O2/c1-10(2,15)8-5-4-7(11(12,13)14)6-9(8)16-3/h4-6,15H,1-3H3. The summed E-state index contributed by atoms with van der Waals surface area (Å²) in [4.78, 5) is 0. The van der Waals surface area contributed by atoms with Crippen molar-refractivity contribution in [2.75, 3.05) is 7.11 Å². The molecule has 0 aliphatic carbocycles. The maximum atomic E-state index is 12.4. The first-order valence-corrected chi connectivity index (χ1v) is 4.64. The molecule has 0 bridgehead atoms. The van der Waals surface area contributed by atoms with Gasteiger partial charge in [0.1, 0.15) is 5.75 Å². The van der Waals surface area contributed by atoms with E-state index in [1.54, 1.807) is 0 Å². The molecule has 1 aromatic carbocycles. The molecule has 0 amide bonds. The van der Waals surface area contributed by atoms with Crippen molar-refractivity contribution in [3.8, 4) is 5.75 Å². The van der Waals surface area contributed by atoms with Crippen molar-refractivity contribution in [2.24, 2.45) is 0 Å². The molecule has 1 N–H and O–H groups in total. The fourth-order valence-corrected chi connectivity index (χ4v) is 1.37. The quantitative estimate of drug-likeness (QED) is 0.852. The molecule has 2 nitrogen and oxygen atoms in total. The van der Waals surface area contributed by atoms with Gasteiger partial charge in [0.2, 0.25) is 0 Å². The average Bonchev–Trinajstić information content (AvgIpc) is 2.14. The summed E-state index contributed by atoms with van der Waals surface area (Å²) in [6.45, 7) is 2.97. The number of halogens is 3. The first-order chi connectivity index (χ1) is 7.16. The maximum absolute atomic E-state index is 12.4. The van der Waals surface area contributed by atoms with Crippen molar-refractivity contribution >= 4 is 0 Å². The molecular formula is C11H13F3O2. The Labute approximate surface area is 91.7 Å². The van der Waals surface area contributed by atoms with Crippen LogP contribution in [0.1, 0.15) is 25.0 Å². The molecule has 0 radical (unpaired) electrons. The molecule has 0 unspecified atom stereocenters. The van der Waals surface area contributed by atoms with Crippen molar-refractivity contribution in [3.63, 3.8) is 0 Å². The van der Waals surface area contributed by atoms with E-state index in [4.69, 9.17) is 4.74 Å². The Kier molecular flexibility index (Phi) is 3.19. The lowest BCUT2D eigenvalue weighted by Gasteiger charge is -2.21. The fourth-order valence-electron chi connectivity index (χ4n) is 1.37. The van der Waals surface area contributed by atoms with Gasteiger partial charge >= 0.3 is 6.18 Å². The number of hydrogen-bond donors (Lipinski definition) is 1. The van der Waals surface area contributed by atoms with Gasteiger partial charge < -0.3 is 9.84 Å². The lowest BCUT2D eigenvalue weighted by molar-refractivity contribution is -0.137. The van der Waals surface area contributed by atoms with Crippen LogP contribution < -0.4 is 4.74 Å². The topological polar surface area (TPSA) is 29.5 Å². The highest BCUT2D eigenvalue weighted by Crippen LogP contribution is 2.36. The molecule has 0 atom stereocenters. The van der Waals surface area contributed by atoms with E-state index in [2.05, 4.69) is 0 Å². The fraction of sp³-hybridized carbons (Fsp3) is 0.455. The Morgan fingerprint density at radius 3 is 2.12 bits per heavy atom. The van der Waals surface area contributed by atoms with Crippen molar-refractivity contribution in [1.29, 1.82) is 0 Å². The lowest BCUT2D eigenvalue weighted by Crippen LogP contribution is -2.17. The zero-order valence-corrected chi connectivity index (χ0v) is 9.22. The molecule has 0 aromatic heterocycles. The Hall–Kier alpha value is -1.23. The summed E-state index contributed by atoms with van der Waals surface area (Å²) in [6, 6.07) is 3.03. The minimum Gasteiger partial charge on any atom is -0.496 e. The van der Waals surface area contributed by atoms with E-state index in [9.17, 15) is 18.3 Å². The summed E-state index contributed by atoms with van der Waals surface area (Å²) in [5.41, 5.74) is -1.71. The van der Waals surface area contributed by atoms with Crippen LogP contribution in [-0.2, 0) is 11.8 Å². The second kappa shape index (κ2) is 3.97.